The van der Waals surface area contributed by atoms with Crippen LogP contribution in [0.1, 0.15) is 16.5 Å². The summed E-state index contributed by atoms with van der Waals surface area (Å²) in [5.74, 6) is 1.20. The van der Waals surface area contributed by atoms with Gasteiger partial charge in [-0.2, -0.15) is 0 Å². The monoisotopic (exact) mass is 568 g/mol. The van der Waals surface area contributed by atoms with Crippen LogP contribution < -0.4 is 10.2 Å². The average molecular weight is 569 g/mol. The van der Waals surface area contributed by atoms with Gasteiger partial charge in [0.25, 0.3) is 11.8 Å². The quantitative estimate of drug-likeness (QED) is 0.240. The number of hydrogen-bond donors (Lipinski definition) is 1. The number of para-hydroxylation sites is 2. The van der Waals surface area contributed by atoms with Crippen LogP contribution in [-0.2, 0) is 22.7 Å². The van der Waals surface area contributed by atoms with E-state index in [1.807, 2.05) is 95.6 Å². The van der Waals surface area contributed by atoms with E-state index in [0.29, 0.717) is 17.5 Å². The number of benzene rings is 4. The minimum atomic E-state index is -0.338. The molecule has 2 amide bonds. The molecule has 1 aliphatic rings. The van der Waals surface area contributed by atoms with Crippen molar-refractivity contribution in [2.75, 3.05) is 5.75 Å². The molecule has 0 saturated carbocycles. The summed E-state index contributed by atoms with van der Waals surface area (Å²) in [5, 5.41) is 1.71. The van der Waals surface area contributed by atoms with Crippen LogP contribution in [0, 0.1) is 0 Å². The first-order valence-electron chi connectivity index (χ1n) is 12.8. The lowest BCUT2D eigenvalue weighted by Crippen LogP contribution is -2.45. The zero-order chi connectivity index (χ0) is 27.5. The molecule has 1 atom stereocenters. The highest BCUT2D eigenvalue weighted by Gasteiger charge is 2.34. The summed E-state index contributed by atoms with van der Waals surface area (Å²) in [5.41, 5.74) is 7.28. The summed E-state index contributed by atoms with van der Waals surface area (Å²) in [7, 11) is 0. The standard InChI is InChI=1S/C31H25ClN4O3S/c32-24-14-10-22(11-15-24)30-33-26-8-4-5-9-27(26)35(30)18-28(37)34-36-29(38)20-40-31(36)23-12-16-25(17-13-23)39-19-21-6-2-1-3-7-21/h1-17,31H,18-20H2,(H,34,37). The fourth-order valence-electron chi connectivity index (χ4n) is 4.63. The number of nitrogens with one attached hydrogen (secondary N) is 1. The molecule has 5 aromatic rings. The van der Waals surface area contributed by atoms with Crippen LogP contribution in [0.5, 0.6) is 5.75 Å². The van der Waals surface area contributed by atoms with Crippen LogP contribution in [0.25, 0.3) is 22.4 Å². The molecule has 1 aliphatic heterocycles. The van der Waals surface area contributed by atoms with Crippen LogP contribution >= 0.6 is 23.4 Å². The first-order valence-corrected chi connectivity index (χ1v) is 14.2. The molecule has 6 rings (SSSR count). The summed E-state index contributed by atoms with van der Waals surface area (Å²) in [6.07, 6.45) is 0. The van der Waals surface area contributed by atoms with Gasteiger partial charge in [-0.15, -0.1) is 11.8 Å². The molecular formula is C31H25ClN4O3S. The van der Waals surface area contributed by atoms with Crippen LogP contribution in [-0.4, -0.2) is 32.1 Å². The van der Waals surface area contributed by atoms with Crippen molar-refractivity contribution < 1.29 is 14.3 Å². The van der Waals surface area contributed by atoms with E-state index >= 15 is 0 Å². The maximum absolute atomic E-state index is 13.3. The number of rotatable bonds is 8. The number of halogens is 1. The van der Waals surface area contributed by atoms with E-state index in [2.05, 4.69) is 5.43 Å². The molecule has 7 nitrogen and oxygen atoms in total. The van der Waals surface area contributed by atoms with Crippen LogP contribution in [0.2, 0.25) is 5.02 Å². The fourth-order valence-corrected chi connectivity index (χ4v) is 5.86. The molecule has 1 fully saturated rings. The van der Waals surface area contributed by atoms with Gasteiger partial charge in [-0.1, -0.05) is 66.2 Å². The Morgan fingerprint density at radius 1 is 0.950 bits per heavy atom. The van der Waals surface area contributed by atoms with Crippen molar-refractivity contribution >= 4 is 46.2 Å². The predicted molar refractivity (Wildman–Crippen MR) is 158 cm³/mol. The highest BCUT2D eigenvalue weighted by molar-refractivity contribution is 8.00. The molecule has 9 heteroatoms. The molecule has 1 unspecified atom stereocenters. The number of carbonyl (C=O) groups is 2. The summed E-state index contributed by atoms with van der Waals surface area (Å²) in [6.45, 7) is 0.464. The summed E-state index contributed by atoms with van der Waals surface area (Å²) < 4.78 is 7.75. The molecule has 200 valence electrons. The van der Waals surface area contributed by atoms with Crippen molar-refractivity contribution in [1.82, 2.24) is 20.0 Å². The lowest BCUT2D eigenvalue weighted by Gasteiger charge is -2.25. The SMILES string of the molecule is O=C(Cn1c(-c2ccc(Cl)cc2)nc2ccccc21)NN1C(=O)CSC1c1ccc(OCc2ccccc2)cc1. The van der Waals surface area contributed by atoms with E-state index < -0.39 is 0 Å². The highest BCUT2D eigenvalue weighted by atomic mass is 35.5. The zero-order valence-corrected chi connectivity index (χ0v) is 22.9. The van der Waals surface area contributed by atoms with Gasteiger partial charge in [0.2, 0.25) is 0 Å². The number of nitrogens with zero attached hydrogens (tertiary/aromatic N) is 3. The Morgan fingerprint density at radius 2 is 1.68 bits per heavy atom. The predicted octanol–water partition coefficient (Wildman–Crippen LogP) is 6.24. The number of fused-ring (bicyclic) bond motifs is 1. The zero-order valence-electron chi connectivity index (χ0n) is 21.4. The van der Waals surface area contributed by atoms with Gasteiger partial charge in [0, 0.05) is 10.6 Å². The number of hydrazine groups is 1. The molecule has 1 N–H and O–H groups in total. The van der Waals surface area contributed by atoms with E-state index in [0.717, 1.165) is 33.5 Å². The molecule has 40 heavy (non-hydrogen) atoms. The average Bonchev–Trinajstić information content (AvgIpc) is 3.53. The lowest BCUT2D eigenvalue weighted by molar-refractivity contribution is -0.139. The second-order valence-electron chi connectivity index (χ2n) is 9.32. The van der Waals surface area contributed by atoms with Gasteiger partial charge in [0.05, 0.1) is 16.8 Å². The molecule has 4 aromatic carbocycles. The molecular weight excluding hydrogens is 544 g/mol. The van der Waals surface area contributed by atoms with Gasteiger partial charge in [-0.3, -0.25) is 15.0 Å². The molecule has 2 heterocycles. The van der Waals surface area contributed by atoms with Crippen LogP contribution in [0.4, 0.5) is 0 Å². The Balaban J connectivity index is 1.18. The Labute approximate surface area is 240 Å². The summed E-state index contributed by atoms with van der Waals surface area (Å²) >= 11 is 7.56. The fraction of sp³-hybridized carbons (Fsp3) is 0.129. The molecule has 0 radical (unpaired) electrons. The lowest BCUT2D eigenvalue weighted by atomic mass is 10.2. The van der Waals surface area contributed by atoms with Crippen molar-refractivity contribution in [2.24, 2.45) is 0 Å². The van der Waals surface area contributed by atoms with E-state index in [-0.39, 0.29) is 29.5 Å². The molecule has 0 bridgehead atoms. The van der Waals surface area contributed by atoms with Gasteiger partial charge < -0.3 is 9.30 Å². The number of amides is 2. The summed E-state index contributed by atoms with van der Waals surface area (Å²) in [6, 6.07) is 32.6. The van der Waals surface area contributed by atoms with Crippen molar-refractivity contribution in [3.05, 3.63) is 119 Å². The van der Waals surface area contributed by atoms with Crippen LogP contribution in [0.15, 0.2) is 103 Å². The number of imidazole rings is 1. The third kappa shape index (κ3) is 5.54. The Morgan fingerprint density at radius 3 is 2.45 bits per heavy atom. The van der Waals surface area contributed by atoms with Gasteiger partial charge in [0.15, 0.2) is 0 Å². The first-order chi connectivity index (χ1) is 19.5. The van der Waals surface area contributed by atoms with Crippen molar-refractivity contribution in [3.8, 4) is 17.1 Å². The smallest absolute Gasteiger partial charge is 0.258 e. The maximum Gasteiger partial charge on any atom is 0.258 e. The topological polar surface area (TPSA) is 76.5 Å². The molecule has 1 aromatic heterocycles. The van der Waals surface area contributed by atoms with E-state index in [4.69, 9.17) is 21.3 Å². The Bertz CT molecular complexity index is 1660. The molecule has 0 aliphatic carbocycles. The largest absolute Gasteiger partial charge is 0.489 e. The van der Waals surface area contributed by atoms with E-state index in [9.17, 15) is 9.59 Å². The maximum atomic E-state index is 13.3. The molecule has 0 spiro atoms. The summed E-state index contributed by atoms with van der Waals surface area (Å²) in [4.78, 5) is 30.9. The van der Waals surface area contributed by atoms with Gasteiger partial charge in [-0.05, 0) is 59.7 Å². The Hall–Kier alpha value is -4.27. The second kappa shape index (κ2) is 11.5. The minimum Gasteiger partial charge on any atom is -0.489 e. The van der Waals surface area contributed by atoms with Crippen LogP contribution in [0.3, 0.4) is 0 Å². The minimum absolute atomic E-state index is 0.00803. The highest BCUT2D eigenvalue weighted by Crippen LogP contribution is 2.38. The van der Waals surface area contributed by atoms with Crippen molar-refractivity contribution in [1.29, 1.82) is 0 Å². The normalized spacial score (nSPS) is 15.0. The first kappa shape index (κ1) is 26.0. The number of ether oxygens (including phenoxy) is 1. The number of hydrogen-bond acceptors (Lipinski definition) is 5. The molecule has 1 saturated heterocycles. The van der Waals surface area contributed by atoms with E-state index in [1.54, 1.807) is 12.1 Å². The van der Waals surface area contributed by atoms with Gasteiger partial charge in [0.1, 0.15) is 30.1 Å². The van der Waals surface area contributed by atoms with Crippen molar-refractivity contribution in [3.63, 3.8) is 0 Å². The Kier molecular flexibility index (Phi) is 7.44. The third-order valence-corrected chi connectivity index (χ3v) is 8.05. The number of aromatic nitrogens is 2. The third-order valence-electron chi connectivity index (χ3n) is 6.59. The van der Waals surface area contributed by atoms with Gasteiger partial charge in [-0.25, -0.2) is 9.99 Å². The number of thioether (sulfide) groups is 1. The number of carbonyl (C=O) groups excluding carboxylic acids is 2. The van der Waals surface area contributed by atoms with E-state index in [1.165, 1.54) is 16.8 Å². The van der Waals surface area contributed by atoms with Crippen molar-refractivity contribution in [2.45, 2.75) is 18.5 Å². The second-order valence-corrected chi connectivity index (χ2v) is 10.8. The van der Waals surface area contributed by atoms with Gasteiger partial charge >= 0.3 is 0 Å².